The number of ether oxygens (including phenoxy) is 1. The molecule has 3 N–H and O–H groups in total. The lowest BCUT2D eigenvalue weighted by Gasteiger charge is -2.21. The first kappa shape index (κ1) is 12.3. The fraction of sp³-hybridized carbons (Fsp3) is 0.636. The van der Waals surface area contributed by atoms with Gasteiger partial charge >= 0.3 is 0 Å². The molecule has 1 fully saturated rings. The predicted molar refractivity (Wildman–Crippen MR) is 71.6 cm³/mol. The maximum atomic E-state index is 5.60. The van der Waals surface area contributed by atoms with E-state index in [1.807, 2.05) is 11.8 Å². The van der Waals surface area contributed by atoms with Crippen molar-refractivity contribution in [1.82, 2.24) is 9.97 Å². The molecule has 0 saturated carbocycles. The summed E-state index contributed by atoms with van der Waals surface area (Å²) in [5, 5.41) is 3.97. The first-order valence-corrected chi connectivity index (χ1v) is 6.87. The number of nitrogen functional groups attached to an aromatic ring is 1. The molecule has 5 nitrogen and oxygen atoms in total. The molecule has 0 aliphatic carbocycles. The molecule has 1 aliphatic heterocycles. The van der Waals surface area contributed by atoms with Gasteiger partial charge in [0.25, 0.3) is 0 Å². The molecule has 1 aromatic heterocycles. The Balaban J connectivity index is 1.91. The zero-order valence-electron chi connectivity index (χ0n) is 9.98. The minimum Gasteiger partial charge on any atom is -0.481 e. The van der Waals surface area contributed by atoms with E-state index < -0.39 is 0 Å². The van der Waals surface area contributed by atoms with Crippen LogP contribution in [0.3, 0.4) is 0 Å². The van der Waals surface area contributed by atoms with Crippen LogP contribution in [-0.4, -0.2) is 34.6 Å². The van der Waals surface area contributed by atoms with Crippen molar-refractivity contribution in [3.05, 3.63) is 6.07 Å². The Morgan fingerprint density at radius 1 is 1.53 bits per heavy atom. The number of nitrogens with one attached hydrogen (secondary N) is 1. The molecule has 0 amide bonds. The summed E-state index contributed by atoms with van der Waals surface area (Å²) in [6.45, 7) is 0.921. The van der Waals surface area contributed by atoms with Crippen LogP contribution < -0.4 is 15.8 Å². The SMILES string of the molecule is COc1cc(NCC2CCCCS2)nc(N)n1. The van der Waals surface area contributed by atoms with Gasteiger partial charge in [-0.15, -0.1) is 0 Å². The number of aromatic nitrogens is 2. The number of nitrogens with zero attached hydrogens (tertiary/aromatic N) is 2. The topological polar surface area (TPSA) is 73.1 Å². The highest BCUT2D eigenvalue weighted by atomic mass is 32.2. The average molecular weight is 254 g/mol. The summed E-state index contributed by atoms with van der Waals surface area (Å²) in [6.07, 6.45) is 3.94. The van der Waals surface area contributed by atoms with Crippen molar-refractivity contribution in [2.45, 2.75) is 24.5 Å². The zero-order chi connectivity index (χ0) is 12.1. The largest absolute Gasteiger partial charge is 0.481 e. The minimum atomic E-state index is 0.239. The molecule has 2 rings (SSSR count). The van der Waals surface area contributed by atoms with E-state index >= 15 is 0 Å². The van der Waals surface area contributed by atoms with Gasteiger partial charge in [-0.1, -0.05) is 6.42 Å². The monoisotopic (exact) mass is 254 g/mol. The highest BCUT2D eigenvalue weighted by Gasteiger charge is 2.13. The lowest BCUT2D eigenvalue weighted by atomic mass is 10.2. The van der Waals surface area contributed by atoms with Gasteiger partial charge in [0.15, 0.2) is 0 Å². The summed E-state index contributed by atoms with van der Waals surface area (Å²) in [6, 6.07) is 1.77. The summed E-state index contributed by atoms with van der Waals surface area (Å²) < 4.78 is 5.05. The molecule has 1 aromatic rings. The van der Waals surface area contributed by atoms with E-state index in [0.717, 1.165) is 12.4 Å². The van der Waals surface area contributed by atoms with Gasteiger partial charge in [0.05, 0.1) is 7.11 Å². The summed E-state index contributed by atoms with van der Waals surface area (Å²) in [4.78, 5) is 8.08. The van der Waals surface area contributed by atoms with Crippen molar-refractivity contribution >= 4 is 23.5 Å². The molecule has 94 valence electrons. The van der Waals surface area contributed by atoms with Crippen LogP contribution in [0, 0.1) is 0 Å². The Labute approximate surface area is 106 Å². The number of methoxy groups -OCH3 is 1. The first-order chi connectivity index (χ1) is 8.28. The summed E-state index contributed by atoms with van der Waals surface area (Å²) in [5.41, 5.74) is 5.60. The number of hydrogen-bond donors (Lipinski definition) is 2. The Hall–Kier alpha value is -1.17. The van der Waals surface area contributed by atoms with Crippen molar-refractivity contribution < 1.29 is 4.74 Å². The standard InChI is InChI=1S/C11H18N4OS/c1-16-10-6-9(14-11(12)15-10)13-7-8-4-2-3-5-17-8/h6,8H,2-5,7H2,1H3,(H3,12,13,14,15). The van der Waals surface area contributed by atoms with Crippen LogP contribution in [0.5, 0.6) is 5.88 Å². The van der Waals surface area contributed by atoms with Gasteiger partial charge in [0, 0.05) is 17.9 Å². The van der Waals surface area contributed by atoms with Gasteiger partial charge in [-0.2, -0.15) is 21.7 Å². The van der Waals surface area contributed by atoms with E-state index in [0.29, 0.717) is 11.1 Å². The van der Waals surface area contributed by atoms with Gasteiger partial charge in [0.1, 0.15) is 5.82 Å². The number of thioether (sulfide) groups is 1. The number of anilines is 2. The van der Waals surface area contributed by atoms with E-state index in [1.54, 1.807) is 13.2 Å². The molecular formula is C11H18N4OS. The summed E-state index contributed by atoms with van der Waals surface area (Å²) in [7, 11) is 1.57. The van der Waals surface area contributed by atoms with Crippen LogP contribution in [0.25, 0.3) is 0 Å². The molecule has 2 heterocycles. The van der Waals surface area contributed by atoms with Crippen LogP contribution in [0.15, 0.2) is 6.07 Å². The normalized spacial score (nSPS) is 19.9. The predicted octanol–water partition coefficient (Wildman–Crippen LogP) is 1.76. The van der Waals surface area contributed by atoms with E-state index in [1.165, 1.54) is 25.0 Å². The highest BCUT2D eigenvalue weighted by Crippen LogP contribution is 2.25. The van der Waals surface area contributed by atoms with Gasteiger partial charge in [-0.05, 0) is 18.6 Å². The second-order valence-corrected chi connectivity index (χ2v) is 5.43. The quantitative estimate of drug-likeness (QED) is 0.853. The second kappa shape index (κ2) is 5.95. The molecule has 1 atom stereocenters. The summed E-state index contributed by atoms with van der Waals surface area (Å²) >= 11 is 2.03. The Kier molecular flexibility index (Phi) is 4.30. The van der Waals surface area contributed by atoms with Crippen LogP contribution in [-0.2, 0) is 0 Å². The molecule has 17 heavy (non-hydrogen) atoms. The molecule has 0 radical (unpaired) electrons. The first-order valence-electron chi connectivity index (χ1n) is 5.82. The van der Waals surface area contributed by atoms with Crippen LogP contribution in [0.1, 0.15) is 19.3 Å². The van der Waals surface area contributed by atoms with E-state index in [4.69, 9.17) is 10.5 Å². The fourth-order valence-electron chi connectivity index (χ4n) is 1.82. The summed E-state index contributed by atoms with van der Waals surface area (Å²) in [5.74, 6) is 2.74. The second-order valence-electron chi connectivity index (χ2n) is 4.02. The van der Waals surface area contributed by atoms with Gasteiger partial charge in [0.2, 0.25) is 11.8 Å². The van der Waals surface area contributed by atoms with E-state index in [9.17, 15) is 0 Å². The van der Waals surface area contributed by atoms with Gasteiger partial charge in [-0.25, -0.2) is 0 Å². The smallest absolute Gasteiger partial charge is 0.225 e. The lowest BCUT2D eigenvalue weighted by Crippen LogP contribution is -2.20. The van der Waals surface area contributed by atoms with Gasteiger partial charge in [-0.3, -0.25) is 0 Å². The molecule has 1 unspecified atom stereocenters. The van der Waals surface area contributed by atoms with Crippen LogP contribution >= 0.6 is 11.8 Å². The molecule has 1 aliphatic rings. The molecule has 0 bridgehead atoms. The third-order valence-corrected chi connectivity index (χ3v) is 4.11. The lowest BCUT2D eigenvalue weighted by molar-refractivity contribution is 0.398. The van der Waals surface area contributed by atoms with Crippen LogP contribution in [0.4, 0.5) is 11.8 Å². The third kappa shape index (κ3) is 3.66. The molecular weight excluding hydrogens is 236 g/mol. The molecule has 0 spiro atoms. The van der Waals surface area contributed by atoms with E-state index in [-0.39, 0.29) is 5.95 Å². The van der Waals surface area contributed by atoms with E-state index in [2.05, 4.69) is 15.3 Å². The Bertz CT molecular complexity index is 368. The molecule has 1 saturated heterocycles. The number of nitrogens with two attached hydrogens (primary N) is 1. The van der Waals surface area contributed by atoms with Crippen molar-refractivity contribution in [2.75, 3.05) is 30.5 Å². The Morgan fingerprint density at radius 3 is 3.12 bits per heavy atom. The molecule has 6 heteroatoms. The number of hydrogen-bond acceptors (Lipinski definition) is 6. The fourth-order valence-corrected chi connectivity index (χ4v) is 3.06. The Morgan fingerprint density at radius 2 is 2.41 bits per heavy atom. The van der Waals surface area contributed by atoms with Crippen molar-refractivity contribution in [1.29, 1.82) is 0 Å². The van der Waals surface area contributed by atoms with Crippen molar-refractivity contribution in [2.24, 2.45) is 0 Å². The maximum absolute atomic E-state index is 5.60. The number of rotatable bonds is 4. The molecule has 0 aromatic carbocycles. The maximum Gasteiger partial charge on any atom is 0.225 e. The highest BCUT2D eigenvalue weighted by molar-refractivity contribution is 7.99. The van der Waals surface area contributed by atoms with Crippen molar-refractivity contribution in [3.63, 3.8) is 0 Å². The zero-order valence-corrected chi connectivity index (χ0v) is 10.8. The van der Waals surface area contributed by atoms with Gasteiger partial charge < -0.3 is 15.8 Å². The minimum absolute atomic E-state index is 0.239. The van der Waals surface area contributed by atoms with Crippen molar-refractivity contribution in [3.8, 4) is 5.88 Å². The average Bonchev–Trinajstić information content (AvgIpc) is 2.37. The third-order valence-electron chi connectivity index (χ3n) is 2.71. The van der Waals surface area contributed by atoms with Crippen LogP contribution in [0.2, 0.25) is 0 Å².